The monoisotopic (exact) mass is 195 g/mol. The first-order valence-corrected chi connectivity index (χ1v) is 5.14. The van der Waals surface area contributed by atoms with Crippen LogP contribution in [0.3, 0.4) is 0 Å². The minimum atomic E-state index is -0.109. The third kappa shape index (κ3) is 3.35. The number of rotatable bonds is 3. The number of nitriles is 1. The van der Waals surface area contributed by atoms with Gasteiger partial charge >= 0.3 is 0 Å². The summed E-state index contributed by atoms with van der Waals surface area (Å²) in [6.45, 7) is 3.17. The second kappa shape index (κ2) is 5.61. The molecule has 0 spiro atoms. The fourth-order valence-electron chi connectivity index (χ4n) is 1.50. The minimum absolute atomic E-state index is 0.0341. The summed E-state index contributed by atoms with van der Waals surface area (Å²) in [4.78, 5) is 11.5. The molecule has 4 nitrogen and oxygen atoms in total. The van der Waals surface area contributed by atoms with E-state index in [0.717, 1.165) is 25.8 Å². The van der Waals surface area contributed by atoms with Gasteiger partial charge in [-0.05, 0) is 26.3 Å². The van der Waals surface area contributed by atoms with Crippen LogP contribution in [0.2, 0.25) is 0 Å². The van der Waals surface area contributed by atoms with Crippen molar-refractivity contribution in [3.8, 4) is 6.07 Å². The lowest BCUT2D eigenvalue weighted by atomic mass is 10.0. The molecule has 1 heterocycles. The van der Waals surface area contributed by atoms with Crippen molar-refractivity contribution in [3.05, 3.63) is 0 Å². The lowest BCUT2D eigenvalue weighted by molar-refractivity contribution is -0.123. The average Bonchev–Trinajstić information content (AvgIpc) is 2.26. The first kappa shape index (κ1) is 11.0. The van der Waals surface area contributed by atoms with Crippen LogP contribution in [0, 0.1) is 17.2 Å². The van der Waals surface area contributed by atoms with Gasteiger partial charge in [-0.3, -0.25) is 4.79 Å². The van der Waals surface area contributed by atoms with Gasteiger partial charge in [-0.15, -0.1) is 0 Å². The average molecular weight is 195 g/mol. The Morgan fingerprint density at radius 1 is 1.71 bits per heavy atom. The number of nitrogens with zero attached hydrogens (tertiary/aromatic N) is 1. The van der Waals surface area contributed by atoms with Crippen molar-refractivity contribution in [1.29, 1.82) is 5.26 Å². The lowest BCUT2D eigenvalue weighted by Crippen LogP contribution is -2.47. The van der Waals surface area contributed by atoms with Crippen LogP contribution >= 0.6 is 0 Å². The first-order valence-electron chi connectivity index (χ1n) is 5.14. The van der Waals surface area contributed by atoms with Gasteiger partial charge in [0.15, 0.2) is 0 Å². The van der Waals surface area contributed by atoms with Crippen LogP contribution in [0.4, 0.5) is 0 Å². The quantitative estimate of drug-likeness (QED) is 0.685. The summed E-state index contributed by atoms with van der Waals surface area (Å²) in [5, 5.41) is 14.5. The van der Waals surface area contributed by atoms with Gasteiger partial charge in [0.25, 0.3) is 0 Å². The molecule has 2 atom stereocenters. The van der Waals surface area contributed by atoms with Crippen LogP contribution in [0.1, 0.15) is 26.2 Å². The van der Waals surface area contributed by atoms with Gasteiger partial charge in [0.05, 0.1) is 18.0 Å². The van der Waals surface area contributed by atoms with Gasteiger partial charge in [0.1, 0.15) is 0 Å². The van der Waals surface area contributed by atoms with Crippen molar-refractivity contribution in [1.82, 2.24) is 10.6 Å². The normalized spacial score (nSPS) is 23.6. The van der Waals surface area contributed by atoms with Crippen LogP contribution in [-0.2, 0) is 4.79 Å². The Kier molecular flexibility index (Phi) is 4.41. The number of carbonyl (C=O) groups excluding carboxylic acids is 1. The molecule has 0 aromatic rings. The van der Waals surface area contributed by atoms with Crippen LogP contribution in [0.5, 0.6) is 0 Å². The molecule has 4 heteroatoms. The number of hydrogen-bond donors (Lipinski definition) is 2. The molecule has 1 aliphatic heterocycles. The maximum Gasteiger partial charge on any atom is 0.237 e. The van der Waals surface area contributed by atoms with Gasteiger partial charge in [-0.25, -0.2) is 0 Å². The molecule has 2 unspecified atom stereocenters. The van der Waals surface area contributed by atoms with E-state index in [4.69, 9.17) is 5.26 Å². The smallest absolute Gasteiger partial charge is 0.237 e. The predicted octanol–water partition coefficient (Wildman–Crippen LogP) is 0.404. The van der Waals surface area contributed by atoms with Crippen molar-refractivity contribution < 1.29 is 4.79 Å². The van der Waals surface area contributed by atoms with Gasteiger partial charge in [-0.1, -0.05) is 6.42 Å². The minimum Gasteiger partial charge on any atom is -0.353 e. The van der Waals surface area contributed by atoms with E-state index >= 15 is 0 Å². The molecular weight excluding hydrogens is 178 g/mol. The highest BCUT2D eigenvalue weighted by Gasteiger charge is 2.20. The Morgan fingerprint density at radius 2 is 2.50 bits per heavy atom. The number of nitrogens with one attached hydrogen (secondary N) is 2. The second-order valence-electron chi connectivity index (χ2n) is 3.78. The van der Waals surface area contributed by atoms with E-state index in [0.29, 0.717) is 6.54 Å². The molecule has 78 valence electrons. The van der Waals surface area contributed by atoms with E-state index in [2.05, 4.69) is 16.7 Å². The van der Waals surface area contributed by atoms with Crippen LogP contribution in [-0.4, -0.2) is 25.0 Å². The molecule has 0 saturated carbocycles. The third-order valence-corrected chi connectivity index (χ3v) is 2.43. The van der Waals surface area contributed by atoms with Crippen molar-refractivity contribution in [2.24, 2.45) is 5.92 Å². The molecule has 1 aliphatic rings. The molecule has 0 aromatic heterocycles. The van der Waals surface area contributed by atoms with Crippen molar-refractivity contribution >= 4 is 5.91 Å². The van der Waals surface area contributed by atoms with Gasteiger partial charge in [0.2, 0.25) is 5.91 Å². The summed E-state index contributed by atoms with van der Waals surface area (Å²) in [6, 6.07) is 2.04. The summed E-state index contributed by atoms with van der Waals surface area (Å²) < 4.78 is 0. The first-order chi connectivity index (χ1) is 6.74. The molecule has 1 amide bonds. The van der Waals surface area contributed by atoms with Crippen molar-refractivity contribution in [3.63, 3.8) is 0 Å². The third-order valence-electron chi connectivity index (χ3n) is 2.43. The molecule has 1 fully saturated rings. The number of hydrogen-bond acceptors (Lipinski definition) is 3. The second-order valence-corrected chi connectivity index (χ2v) is 3.78. The molecule has 1 saturated heterocycles. The summed E-state index contributed by atoms with van der Waals surface area (Å²) in [5.74, 6) is -0.0747. The van der Waals surface area contributed by atoms with Gasteiger partial charge < -0.3 is 10.6 Å². The summed E-state index contributed by atoms with van der Waals surface area (Å²) in [5.41, 5.74) is 0. The molecule has 14 heavy (non-hydrogen) atoms. The van der Waals surface area contributed by atoms with Crippen LogP contribution in [0.25, 0.3) is 0 Å². The lowest BCUT2D eigenvalue weighted by Gasteiger charge is -2.22. The van der Waals surface area contributed by atoms with Crippen molar-refractivity contribution in [2.75, 3.05) is 13.1 Å². The van der Waals surface area contributed by atoms with Gasteiger partial charge in [0, 0.05) is 6.54 Å². The molecule has 0 bridgehead atoms. The van der Waals surface area contributed by atoms with E-state index in [1.54, 1.807) is 6.92 Å². The highest BCUT2D eigenvalue weighted by Crippen LogP contribution is 2.06. The highest BCUT2D eigenvalue weighted by atomic mass is 16.2. The fraction of sp³-hybridized carbons (Fsp3) is 0.800. The Labute approximate surface area is 84.7 Å². The van der Waals surface area contributed by atoms with E-state index in [1.807, 2.05) is 0 Å². The zero-order chi connectivity index (χ0) is 10.4. The Morgan fingerprint density at radius 3 is 3.07 bits per heavy atom. The molecule has 2 N–H and O–H groups in total. The molecular formula is C10H17N3O. The number of carbonyl (C=O) groups is 1. The summed E-state index contributed by atoms with van der Waals surface area (Å²) in [6.07, 6.45) is 3.17. The van der Waals surface area contributed by atoms with Crippen molar-refractivity contribution in [2.45, 2.75) is 32.2 Å². The largest absolute Gasteiger partial charge is 0.353 e. The predicted molar refractivity (Wildman–Crippen MR) is 53.4 cm³/mol. The van der Waals surface area contributed by atoms with E-state index in [1.165, 1.54) is 0 Å². The van der Waals surface area contributed by atoms with Gasteiger partial charge in [-0.2, -0.15) is 5.26 Å². The Bertz CT molecular complexity index is 228. The van der Waals surface area contributed by atoms with E-state index in [9.17, 15) is 4.79 Å². The number of piperidine rings is 1. The topological polar surface area (TPSA) is 64.9 Å². The van der Waals surface area contributed by atoms with E-state index < -0.39 is 0 Å². The van der Waals surface area contributed by atoms with Crippen LogP contribution in [0.15, 0.2) is 0 Å². The maximum absolute atomic E-state index is 11.5. The maximum atomic E-state index is 11.5. The summed E-state index contributed by atoms with van der Waals surface area (Å²) >= 11 is 0. The SMILES string of the molecule is CC(C#N)CNC(=O)C1CCCCN1. The van der Waals surface area contributed by atoms with E-state index in [-0.39, 0.29) is 17.9 Å². The van der Waals surface area contributed by atoms with Crippen LogP contribution < -0.4 is 10.6 Å². The molecule has 0 aliphatic carbocycles. The standard InChI is InChI=1S/C10H17N3O/c1-8(6-11)7-13-10(14)9-4-2-3-5-12-9/h8-9,12H,2-5,7H2,1H3,(H,13,14). The zero-order valence-corrected chi connectivity index (χ0v) is 8.55. The fourth-order valence-corrected chi connectivity index (χ4v) is 1.50. The molecule has 0 aromatic carbocycles. The highest BCUT2D eigenvalue weighted by molar-refractivity contribution is 5.81. The molecule has 1 rings (SSSR count). The molecule has 0 radical (unpaired) electrons. The summed E-state index contributed by atoms with van der Waals surface area (Å²) in [7, 11) is 0. The Hall–Kier alpha value is -1.08. The Balaban J connectivity index is 2.24. The number of amides is 1. The zero-order valence-electron chi connectivity index (χ0n) is 8.55.